The summed E-state index contributed by atoms with van der Waals surface area (Å²) >= 11 is 0. The number of nitrogens with zero attached hydrogens (tertiary/aromatic N) is 1. The zero-order chi connectivity index (χ0) is 13.2. The number of benzene rings is 1. The maximum Gasteiger partial charge on any atom is 0.175 e. The maximum atomic E-state index is 11.4. The second kappa shape index (κ2) is 5.28. The van der Waals surface area contributed by atoms with Crippen molar-refractivity contribution in [2.24, 2.45) is 0 Å². The monoisotopic (exact) mass is 268 g/mol. The molecule has 1 aromatic carbocycles. The molecule has 100 valence electrons. The second-order valence-corrected chi connectivity index (χ2v) is 6.79. The van der Waals surface area contributed by atoms with Crippen LogP contribution in [0.5, 0.6) is 0 Å². The number of sulfone groups is 1. The summed E-state index contributed by atoms with van der Waals surface area (Å²) in [4.78, 5) is 2.73. The summed E-state index contributed by atoms with van der Waals surface area (Å²) in [5.41, 5.74) is 1.11. The smallest absolute Gasteiger partial charge is 0.175 e. The molecule has 0 spiro atoms. The average molecular weight is 268 g/mol. The number of hydrogen-bond acceptors (Lipinski definition) is 4. The van der Waals surface area contributed by atoms with Crippen LogP contribution in [0.15, 0.2) is 29.2 Å². The topological polar surface area (TPSA) is 49.4 Å². The number of anilines is 1. The van der Waals surface area contributed by atoms with Gasteiger partial charge in [-0.25, -0.2) is 8.42 Å². The molecule has 1 N–H and O–H groups in total. The van der Waals surface area contributed by atoms with E-state index in [0.29, 0.717) is 10.9 Å². The standard InChI is InChI=1S/C13H20N2O2S/c1-3-8-15(12-9-14-10-12)11-4-6-13(7-5-11)18(2,16)17/h4-7,12,14H,3,8-10H2,1-2H3. The molecule has 0 atom stereocenters. The van der Waals surface area contributed by atoms with E-state index in [1.807, 2.05) is 12.1 Å². The predicted molar refractivity (Wildman–Crippen MR) is 73.8 cm³/mol. The summed E-state index contributed by atoms with van der Waals surface area (Å²) in [6.45, 7) is 5.18. The normalized spacial score (nSPS) is 16.3. The lowest BCUT2D eigenvalue weighted by Crippen LogP contribution is -2.57. The molecule has 1 aliphatic rings. The van der Waals surface area contributed by atoms with Gasteiger partial charge in [0.15, 0.2) is 9.84 Å². The molecule has 0 saturated carbocycles. The van der Waals surface area contributed by atoms with Gasteiger partial charge in [-0.3, -0.25) is 0 Å². The maximum absolute atomic E-state index is 11.4. The highest BCUT2D eigenvalue weighted by Crippen LogP contribution is 2.21. The fraction of sp³-hybridized carbons (Fsp3) is 0.538. The van der Waals surface area contributed by atoms with Crippen molar-refractivity contribution >= 4 is 15.5 Å². The number of nitrogens with one attached hydrogen (secondary N) is 1. The van der Waals surface area contributed by atoms with Gasteiger partial charge in [-0.05, 0) is 30.7 Å². The summed E-state index contributed by atoms with van der Waals surface area (Å²) < 4.78 is 22.8. The van der Waals surface area contributed by atoms with Crippen molar-refractivity contribution in [3.05, 3.63) is 24.3 Å². The van der Waals surface area contributed by atoms with Gasteiger partial charge in [0.2, 0.25) is 0 Å². The molecule has 18 heavy (non-hydrogen) atoms. The molecule has 4 nitrogen and oxygen atoms in total. The van der Waals surface area contributed by atoms with E-state index in [1.54, 1.807) is 12.1 Å². The predicted octanol–water partition coefficient (Wildman–Crippen LogP) is 1.28. The Hall–Kier alpha value is -1.07. The fourth-order valence-electron chi connectivity index (χ4n) is 2.14. The van der Waals surface area contributed by atoms with Gasteiger partial charge in [-0.1, -0.05) is 6.92 Å². The second-order valence-electron chi connectivity index (χ2n) is 4.77. The van der Waals surface area contributed by atoms with E-state index in [2.05, 4.69) is 17.1 Å². The van der Waals surface area contributed by atoms with Crippen LogP contribution in [0.1, 0.15) is 13.3 Å². The molecule has 0 amide bonds. The van der Waals surface area contributed by atoms with E-state index in [-0.39, 0.29) is 0 Å². The molecule has 0 aliphatic carbocycles. The van der Waals surface area contributed by atoms with E-state index in [9.17, 15) is 8.42 Å². The van der Waals surface area contributed by atoms with Crippen LogP contribution in [0.2, 0.25) is 0 Å². The Labute approximate surface area is 109 Å². The lowest BCUT2D eigenvalue weighted by molar-refractivity contribution is 0.412. The van der Waals surface area contributed by atoms with Crippen LogP contribution in [0.3, 0.4) is 0 Å². The fourth-order valence-corrected chi connectivity index (χ4v) is 2.77. The molecule has 0 radical (unpaired) electrons. The Morgan fingerprint density at radius 1 is 1.28 bits per heavy atom. The molecule has 1 aliphatic heterocycles. The Morgan fingerprint density at radius 3 is 2.28 bits per heavy atom. The average Bonchev–Trinajstić information content (AvgIpc) is 2.25. The lowest BCUT2D eigenvalue weighted by atomic mass is 10.1. The van der Waals surface area contributed by atoms with Gasteiger partial charge in [0.05, 0.1) is 10.9 Å². The largest absolute Gasteiger partial charge is 0.366 e. The lowest BCUT2D eigenvalue weighted by Gasteiger charge is -2.39. The van der Waals surface area contributed by atoms with Gasteiger partial charge in [0, 0.05) is 31.6 Å². The first kappa shape index (κ1) is 13.4. The van der Waals surface area contributed by atoms with E-state index < -0.39 is 9.84 Å². The Morgan fingerprint density at radius 2 is 1.89 bits per heavy atom. The molecule has 0 bridgehead atoms. The highest BCUT2D eigenvalue weighted by molar-refractivity contribution is 7.90. The molecule has 2 rings (SSSR count). The number of rotatable bonds is 5. The minimum absolute atomic E-state index is 0.384. The van der Waals surface area contributed by atoms with Crippen LogP contribution in [-0.2, 0) is 9.84 Å². The first-order valence-corrected chi connectivity index (χ1v) is 8.19. The van der Waals surface area contributed by atoms with E-state index in [0.717, 1.165) is 31.7 Å². The zero-order valence-electron chi connectivity index (χ0n) is 10.9. The Kier molecular flexibility index (Phi) is 3.92. The van der Waals surface area contributed by atoms with Crippen LogP contribution in [0.25, 0.3) is 0 Å². The quantitative estimate of drug-likeness (QED) is 0.874. The van der Waals surface area contributed by atoms with Crippen molar-refractivity contribution in [3.8, 4) is 0 Å². The van der Waals surface area contributed by atoms with Gasteiger partial charge in [-0.2, -0.15) is 0 Å². The summed E-state index contributed by atoms with van der Waals surface area (Å²) in [5.74, 6) is 0. The first-order chi connectivity index (χ1) is 8.52. The van der Waals surface area contributed by atoms with Gasteiger partial charge in [0.25, 0.3) is 0 Å². The minimum atomic E-state index is -3.10. The third-order valence-corrected chi connectivity index (χ3v) is 4.39. The van der Waals surface area contributed by atoms with Crippen LogP contribution < -0.4 is 10.2 Å². The Balaban J connectivity index is 2.20. The zero-order valence-corrected chi connectivity index (χ0v) is 11.7. The van der Waals surface area contributed by atoms with Crippen molar-refractivity contribution in [1.29, 1.82) is 0 Å². The molecule has 1 fully saturated rings. The molecule has 5 heteroatoms. The highest BCUT2D eigenvalue weighted by atomic mass is 32.2. The van der Waals surface area contributed by atoms with Crippen LogP contribution in [-0.4, -0.2) is 40.3 Å². The molecule has 1 heterocycles. The van der Waals surface area contributed by atoms with Crippen molar-refractivity contribution in [1.82, 2.24) is 5.32 Å². The van der Waals surface area contributed by atoms with Crippen molar-refractivity contribution in [3.63, 3.8) is 0 Å². The SMILES string of the molecule is CCCN(c1ccc(S(C)(=O)=O)cc1)C1CNC1. The summed E-state index contributed by atoms with van der Waals surface area (Å²) in [6.07, 6.45) is 2.33. The van der Waals surface area contributed by atoms with Crippen molar-refractivity contribution in [2.45, 2.75) is 24.3 Å². The first-order valence-electron chi connectivity index (χ1n) is 6.30. The summed E-state index contributed by atoms with van der Waals surface area (Å²) in [7, 11) is -3.10. The molecular formula is C13H20N2O2S. The van der Waals surface area contributed by atoms with Gasteiger partial charge in [0.1, 0.15) is 0 Å². The van der Waals surface area contributed by atoms with Crippen molar-refractivity contribution < 1.29 is 8.42 Å². The third kappa shape index (κ3) is 2.84. The van der Waals surface area contributed by atoms with Gasteiger partial charge >= 0.3 is 0 Å². The van der Waals surface area contributed by atoms with Crippen LogP contribution in [0.4, 0.5) is 5.69 Å². The minimum Gasteiger partial charge on any atom is -0.366 e. The molecular weight excluding hydrogens is 248 g/mol. The van der Waals surface area contributed by atoms with Crippen LogP contribution in [0, 0.1) is 0 Å². The van der Waals surface area contributed by atoms with Crippen molar-refractivity contribution in [2.75, 3.05) is 30.8 Å². The van der Waals surface area contributed by atoms with Crippen LogP contribution >= 0.6 is 0 Å². The number of hydrogen-bond donors (Lipinski definition) is 1. The molecule has 0 aromatic heterocycles. The van der Waals surface area contributed by atoms with E-state index in [4.69, 9.17) is 0 Å². The summed E-state index contributed by atoms with van der Waals surface area (Å²) in [6, 6.07) is 7.74. The van der Waals surface area contributed by atoms with Gasteiger partial charge < -0.3 is 10.2 Å². The molecule has 1 saturated heterocycles. The molecule has 0 unspecified atom stereocenters. The van der Waals surface area contributed by atoms with E-state index in [1.165, 1.54) is 6.26 Å². The van der Waals surface area contributed by atoms with Gasteiger partial charge in [-0.15, -0.1) is 0 Å². The third-order valence-electron chi connectivity index (χ3n) is 3.26. The van der Waals surface area contributed by atoms with E-state index >= 15 is 0 Å². The molecule has 1 aromatic rings. The highest BCUT2D eigenvalue weighted by Gasteiger charge is 2.24. The summed E-state index contributed by atoms with van der Waals surface area (Å²) in [5, 5.41) is 3.27. The Bertz CT molecular complexity index is 492.